The third-order valence-electron chi connectivity index (χ3n) is 2.00. The van der Waals surface area contributed by atoms with Crippen molar-refractivity contribution in [1.29, 1.82) is 0 Å². The average Bonchev–Trinajstić information content (AvgIpc) is 2.64. The molecule has 74 valence electrons. The van der Waals surface area contributed by atoms with E-state index in [1.54, 1.807) is 0 Å². The molecule has 0 atom stereocenters. The lowest BCUT2D eigenvalue weighted by Crippen LogP contribution is -2.13. The molecule has 0 saturated heterocycles. The summed E-state index contributed by atoms with van der Waals surface area (Å²) in [6, 6.07) is 5.56. The van der Waals surface area contributed by atoms with Gasteiger partial charge in [-0.05, 0) is 25.1 Å². The van der Waals surface area contributed by atoms with E-state index in [1.807, 2.05) is 25.1 Å². The van der Waals surface area contributed by atoms with Gasteiger partial charge in [0.25, 0.3) is 0 Å². The maximum absolute atomic E-state index is 5.75. The highest BCUT2D eigenvalue weighted by molar-refractivity contribution is 5.98. The normalized spacial score (nSPS) is 14.5. The summed E-state index contributed by atoms with van der Waals surface area (Å²) in [6.45, 7) is 2.91. The predicted octanol–water partition coefficient (Wildman–Crippen LogP) is 1.14. The number of nitrogens with zero attached hydrogens (tertiary/aromatic N) is 1. The summed E-state index contributed by atoms with van der Waals surface area (Å²) in [5.74, 6) is 2.03. The third kappa shape index (κ3) is 1.51. The van der Waals surface area contributed by atoms with Crippen LogP contribution in [0.5, 0.6) is 11.5 Å². The van der Waals surface area contributed by atoms with E-state index in [9.17, 15) is 0 Å². The number of rotatable bonds is 2. The zero-order valence-corrected chi connectivity index (χ0v) is 7.99. The number of benzene rings is 1. The van der Waals surface area contributed by atoms with Gasteiger partial charge in [0, 0.05) is 12.1 Å². The molecule has 1 heterocycles. The van der Waals surface area contributed by atoms with Crippen molar-refractivity contribution in [3.63, 3.8) is 0 Å². The van der Waals surface area contributed by atoms with Crippen LogP contribution in [0.2, 0.25) is 0 Å². The van der Waals surface area contributed by atoms with Crippen LogP contribution in [-0.2, 0) is 0 Å². The molecule has 0 aliphatic carbocycles. The van der Waals surface area contributed by atoms with E-state index in [0.29, 0.717) is 12.4 Å². The molecule has 1 aliphatic rings. The minimum Gasteiger partial charge on any atom is -0.454 e. The molecule has 14 heavy (non-hydrogen) atoms. The fourth-order valence-electron chi connectivity index (χ4n) is 1.32. The quantitative estimate of drug-likeness (QED) is 0.564. The van der Waals surface area contributed by atoms with Gasteiger partial charge < -0.3 is 15.2 Å². The Bertz CT molecular complexity index is 374. The molecule has 1 aromatic carbocycles. The smallest absolute Gasteiger partial charge is 0.231 e. The van der Waals surface area contributed by atoms with E-state index < -0.39 is 0 Å². The van der Waals surface area contributed by atoms with Crippen molar-refractivity contribution in [3.05, 3.63) is 23.8 Å². The second kappa shape index (κ2) is 3.57. The lowest BCUT2D eigenvalue weighted by atomic mass is 10.2. The van der Waals surface area contributed by atoms with Gasteiger partial charge in [0.2, 0.25) is 6.79 Å². The lowest BCUT2D eigenvalue weighted by molar-refractivity contribution is 0.174. The molecule has 0 fully saturated rings. The molecular weight excluding hydrogens is 180 g/mol. The Morgan fingerprint density at radius 1 is 1.43 bits per heavy atom. The van der Waals surface area contributed by atoms with Gasteiger partial charge in [0.15, 0.2) is 11.5 Å². The Labute approximate surface area is 82.3 Å². The molecule has 0 unspecified atom stereocenters. The van der Waals surface area contributed by atoms with Crippen LogP contribution in [0.25, 0.3) is 0 Å². The summed E-state index contributed by atoms with van der Waals surface area (Å²) in [7, 11) is 0. The molecule has 0 bridgehead atoms. The number of aliphatic imine (C=N–C) groups is 1. The van der Waals surface area contributed by atoms with E-state index in [2.05, 4.69) is 4.99 Å². The van der Waals surface area contributed by atoms with Crippen LogP contribution in [0.15, 0.2) is 23.2 Å². The standard InChI is InChI=1S/C10H12N2O2/c1-2-12-10(11)7-3-4-8-9(5-7)14-6-13-8/h3-5H,2,6H2,1H3,(H2,11,12). The van der Waals surface area contributed by atoms with Crippen molar-refractivity contribution in [2.75, 3.05) is 13.3 Å². The maximum Gasteiger partial charge on any atom is 0.231 e. The highest BCUT2D eigenvalue weighted by Crippen LogP contribution is 2.32. The molecule has 0 aromatic heterocycles. The Balaban J connectivity index is 2.33. The van der Waals surface area contributed by atoms with Gasteiger partial charge in [0.05, 0.1) is 0 Å². The van der Waals surface area contributed by atoms with Gasteiger partial charge in [0.1, 0.15) is 5.84 Å². The molecule has 0 radical (unpaired) electrons. The molecule has 1 aliphatic heterocycles. The van der Waals surface area contributed by atoms with E-state index >= 15 is 0 Å². The number of hydrogen-bond donors (Lipinski definition) is 1. The first-order valence-electron chi connectivity index (χ1n) is 4.51. The molecule has 4 heteroatoms. The second-order valence-electron chi connectivity index (χ2n) is 2.93. The van der Waals surface area contributed by atoms with E-state index in [1.165, 1.54) is 0 Å². The average molecular weight is 192 g/mol. The van der Waals surface area contributed by atoms with Crippen molar-refractivity contribution in [2.45, 2.75) is 6.92 Å². The topological polar surface area (TPSA) is 56.8 Å². The number of amidine groups is 1. The number of hydrogen-bond acceptors (Lipinski definition) is 3. The highest BCUT2D eigenvalue weighted by atomic mass is 16.7. The van der Waals surface area contributed by atoms with Crippen LogP contribution in [0.4, 0.5) is 0 Å². The Hall–Kier alpha value is -1.71. The largest absolute Gasteiger partial charge is 0.454 e. The number of fused-ring (bicyclic) bond motifs is 1. The van der Waals surface area contributed by atoms with Gasteiger partial charge in [-0.2, -0.15) is 0 Å². The van der Waals surface area contributed by atoms with Crippen molar-refractivity contribution in [3.8, 4) is 11.5 Å². The van der Waals surface area contributed by atoms with E-state index in [4.69, 9.17) is 15.2 Å². The van der Waals surface area contributed by atoms with Gasteiger partial charge in [-0.1, -0.05) is 0 Å². The van der Waals surface area contributed by atoms with Crippen LogP contribution in [0.1, 0.15) is 12.5 Å². The molecule has 0 amide bonds. The SMILES string of the molecule is CCN=C(N)c1ccc2c(c1)OCO2. The maximum atomic E-state index is 5.75. The van der Waals surface area contributed by atoms with Crippen molar-refractivity contribution >= 4 is 5.84 Å². The first-order valence-corrected chi connectivity index (χ1v) is 4.51. The zero-order chi connectivity index (χ0) is 9.97. The lowest BCUT2D eigenvalue weighted by Gasteiger charge is -2.01. The van der Waals surface area contributed by atoms with Crippen LogP contribution in [0.3, 0.4) is 0 Å². The Morgan fingerprint density at radius 2 is 2.21 bits per heavy atom. The van der Waals surface area contributed by atoms with Crippen LogP contribution >= 0.6 is 0 Å². The predicted molar refractivity (Wildman–Crippen MR) is 53.8 cm³/mol. The monoisotopic (exact) mass is 192 g/mol. The van der Waals surface area contributed by atoms with Crippen LogP contribution in [-0.4, -0.2) is 19.2 Å². The van der Waals surface area contributed by atoms with Crippen molar-refractivity contribution in [1.82, 2.24) is 0 Å². The fourth-order valence-corrected chi connectivity index (χ4v) is 1.32. The van der Waals surface area contributed by atoms with Gasteiger partial charge in [-0.15, -0.1) is 0 Å². The summed E-state index contributed by atoms with van der Waals surface area (Å²) in [5, 5.41) is 0. The molecule has 0 spiro atoms. The van der Waals surface area contributed by atoms with E-state index in [-0.39, 0.29) is 6.79 Å². The minimum absolute atomic E-state index is 0.281. The molecule has 0 saturated carbocycles. The first kappa shape index (κ1) is 8.87. The second-order valence-corrected chi connectivity index (χ2v) is 2.93. The highest BCUT2D eigenvalue weighted by Gasteiger charge is 2.13. The Kier molecular flexibility index (Phi) is 2.26. The molecule has 2 rings (SSSR count). The summed E-state index contributed by atoms with van der Waals surface area (Å²) >= 11 is 0. The molecule has 4 nitrogen and oxygen atoms in total. The summed E-state index contributed by atoms with van der Waals surface area (Å²) < 4.78 is 10.4. The van der Waals surface area contributed by atoms with Crippen molar-refractivity contribution in [2.24, 2.45) is 10.7 Å². The van der Waals surface area contributed by atoms with Gasteiger partial charge in [-0.25, -0.2) is 0 Å². The summed E-state index contributed by atoms with van der Waals surface area (Å²) in [6.07, 6.45) is 0. The van der Waals surface area contributed by atoms with Gasteiger partial charge >= 0.3 is 0 Å². The molecular formula is C10H12N2O2. The van der Waals surface area contributed by atoms with Crippen LogP contribution in [0, 0.1) is 0 Å². The molecule has 1 aromatic rings. The van der Waals surface area contributed by atoms with Crippen LogP contribution < -0.4 is 15.2 Å². The minimum atomic E-state index is 0.281. The fraction of sp³-hybridized carbons (Fsp3) is 0.300. The molecule has 2 N–H and O–H groups in total. The zero-order valence-electron chi connectivity index (χ0n) is 7.99. The summed E-state index contributed by atoms with van der Waals surface area (Å²) in [5.41, 5.74) is 6.62. The van der Waals surface area contributed by atoms with Crippen molar-refractivity contribution < 1.29 is 9.47 Å². The first-order chi connectivity index (χ1) is 6.81. The van der Waals surface area contributed by atoms with Gasteiger partial charge in [-0.3, -0.25) is 4.99 Å². The third-order valence-corrected chi connectivity index (χ3v) is 2.00. The number of ether oxygens (including phenoxy) is 2. The van der Waals surface area contributed by atoms with E-state index in [0.717, 1.165) is 17.1 Å². The Morgan fingerprint density at radius 3 is 3.00 bits per heavy atom. The number of nitrogens with two attached hydrogens (primary N) is 1. The summed E-state index contributed by atoms with van der Waals surface area (Å²) in [4.78, 5) is 4.12.